The minimum atomic E-state index is -0.347. The summed E-state index contributed by atoms with van der Waals surface area (Å²) in [6, 6.07) is 0. The molecule has 0 aliphatic carbocycles. The van der Waals surface area contributed by atoms with E-state index in [1.165, 1.54) is 6.08 Å². The molecule has 1 atom stereocenters. The summed E-state index contributed by atoms with van der Waals surface area (Å²) in [5.41, 5.74) is -0.347. The number of ether oxygens (including phenoxy) is 1. The van der Waals surface area contributed by atoms with Gasteiger partial charge in [-0.3, -0.25) is 0 Å². The summed E-state index contributed by atoms with van der Waals surface area (Å²) in [6.45, 7) is 11.6. The number of rotatable bonds is 5. The standard InChI is InChI=1S/C11H20O2/c1-6-8-11(5,9(3)4)13-10(12)7-2/h7,9H,2,6,8H2,1,3-5H3. The minimum Gasteiger partial charge on any atom is -0.456 e. The van der Waals surface area contributed by atoms with Gasteiger partial charge in [-0.2, -0.15) is 0 Å². The summed E-state index contributed by atoms with van der Waals surface area (Å²) in [7, 11) is 0. The molecule has 0 aromatic carbocycles. The van der Waals surface area contributed by atoms with Crippen LogP contribution < -0.4 is 0 Å². The third-order valence-corrected chi connectivity index (χ3v) is 2.47. The molecule has 1 unspecified atom stereocenters. The Balaban J connectivity index is 4.40. The molecule has 76 valence electrons. The molecule has 0 saturated heterocycles. The molecule has 0 aromatic heterocycles. The molecular weight excluding hydrogens is 164 g/mol. The molecule has 0 saturated carbocycles. The second kappa shape index (κ2) is 5.05. The van der Waals surface area contributed by atoms with E-state index in [0.29, 0.717) is 5.92 Å². The Morgan fingerprint density at radius 3 is 2.46 bits per heavy atom. The molecule has 13 heavy (non-hydrogen) atoms. The van der Waals surface area contributed by atoms with Crippen molar-refractivity contribution in [3.05, 3.63) is 12.7 Å². The third kappa shape index (κ3) is 3.62. The van der Waals surface area contributed by atoms with Gasteiger partial charge >= 0.3 is 5.97 Å². The zero-order valence-electron chi connectivity index (χ0n) is 9.09. The van der Waals surface area contributed by atoms with Gasteiger partial charge < -0.3 is 4.74 Å². The highest BCUT2D eigenvalue weighted by Crippen LogP contribution is 2.26. The molecular formula is C11H20O2. The zero-order chi connectivity index (χ0) is 10.5. The van der Waals surface area contributed by atoms with Crippen LogP contribution in [0.1, 0.15) is 40.5 Å². The molecule has 0 spiro atoms. The highest BCUT2D eigenvalue weighted by atomic mass is 16.6. The van der Waals surface area contributed by atoms with Crippen LogP contribution in [0.2, 0.25) is 0 Å². The number of hydrogen-bond donors (Lipinski definition) is 0. The molecule has 0 radical (unpaired) electrons. The molecule has 2 nitrogen and oxygen atoms in total. The molecule has 0 rings (SSSR count). The SMILES string of the molecule is C=CC(=O)OC(C)(CCC)C(C)C. The fourth-order valence-electron chi connectivity index (χ4n) is 1.23. The van der Waals surface area contributed by atoms with Crippen LogP contribution in [0, 0.1) is 5.92 Å². The Bertz CT molecular complexity index is 185. The molecule has 0 bridgehead atoms. The first kappa shape index (κ1) is 12.2. The van der Waals surface area contributed by atoms with E-state index in [1.54, 1.807) is 0 Å². The zero-order valence-corrected chi connectivity index (χ0v) is 9.09. The van der Waals surface area contributed by atoms with Gasteiger partial charge in [-0.25, -0.2) is 4.79 Å². The monoisotopic (exact) mass is 184 g/mol. The van der Waals surface area contributed by atoms with Gasteiger partial charge in [0.25, 0.3) is 0 Å². The summed E-state index contributed by atoms with van der Waals surface area (Å²) >= 11 is 0. The van der Waals surface area contributed by atoms with E-state index in [-0.39, 0.29) is 11.6 Å². The van der Waals surface area contributed by atoms with Crippen molar-refractivity contribution in [3.63, 3.8) is 0 Å². The number of carbonyl (C=O) groups excluding carboxylic acids is 1. The van der Waals surface area contributed by atoms with Crippen molar-refractivity contribution in [2.24, 2.45) is 5.92 Å². The van der Waals surface area contributed by atoms with Crippen molar-refractivity contribution in [1.82, 2.24) is 0 Å². The van der Waals surface area contributed by atoms with Gasteiger partial charge in [-0.05, 0) is 19.3 Å². The van der Waals surface area contributed by atoms with Crippen LogP contribution in [0.15, 0.2) is 12.7 Å². The van der Waals surface area contributed by atoms with Crippen molar-refractivity contribution in [1.29, 1.82) is 0 Å². The Morgan fingerprint density at radius 2 is 2.15 bits per heavy atom. The second-order valence-electron chi connectivity index (χ2n) is 3.84. The molecule has 0 amide bonds. The van der Waals surface area contributed by atoms with Crippen LogP contribution in [-0.4, -0.2) is 11.6 Å². The van der Waals surface area contributed by atoms with Gasteiger partial charge in [0.05, 0.1) is 0 Å². The number of hydrogen-bond acceptors (Lipinski definition) is 2. The summed E-state index contributed by atoms with van der Waals surface area (Å²) in [5, 5.41) is 0. The highest BCUT2D eigenvalue weighted by Gasteiger charge is 2.30. The van der Waals surface area contributed by atoms with Crippen LogP contribution in [0.3, 0.4) is 0 Å². The van der Waals surface area contributed by atoms with Crippen LogP contribution in [0.25, 0.3) is 0 Å². The molecule has 0 aromatic rings. The lowest BCUT2D eigenvalue weighted by Crippen LogP contribution is -2.36. The van der Waals surface area contributed by atoms with Gasteiger partial charge in [0.15, 0.2) is 0 Å². The van der Waals surface area contributed by atoms with Gasteiger partial charge in [0, 0.05) is 6.08 Å². The molecule has 2 heteroatoms. The average Bonchev–Trinajstić information content (AvgIpc) is 2.04. The maximum Gasteiger partial charge on any atom is 0.330 e. The number of esters is 1. The van der Waals surface area contributed by atoms with Crippen LogP contribution in [-0.2, 0) is 9.53 Å². The minimum absolute atomic E-state index is 0.329. The van der Waals surface area contributed by atoms with E-state index in [2.05, 4.69) is 27.4 Å². The maximum absolute atomic E-state index is 11.1. The first-order valence-corrected chi connectivity index (χ1v) is 4.81. The van der Waals surface area contributed by atoms with Gasteiger partial charge in [-0.1, -0.05) is 33.8 Å². The quantitative estimate of drug-likeness (QED) is 0.485. The lowest BCUT2D eigenvalue weighted by atomic mass is 9.88. The average molecular weight is 184 g/mol. The topological polar surface area (TPSA) is 26.3 Å². The van der Waals surface area contributed by atoms with E-state index in [9.17, 15) is 4.79 Å². The fraction of sp³-hybridized carbons (Fsp3) is 0.727. The Hall–Kier alpha value is -0.790. The van der Waals surface area contributed by atoms with Gasteiger partial charge in [0.2, 0.25) is 0 Å². The fourth-order valence-corrected chi connectivity index (χ4v) is 1.23. The lowest BCUT2D eigenvalue weighted by molar-refractivity contribution is -0.157. The third-order valence-electron chi connectivity index (χ3n) is 2.47. The van der Waals surface area contributed by atoms with E-state index >= 15 is 0 Å². The Morgan fingerprint density at radius 1 is 1.62 bits per heavy atom. The van der Waals surface area contributed by atoms with Crippen LogP contribution >= 0.6 is 0 Å². The van der Waals surface area contributed by atoms with Gasteiger partial charge in [-0.15, -0.1) is 0 Å². The highest BCUT2D eigenvalue weighted by molar-refractivity contribution is 5.81. The molecule has 0 aliphatic rings. The summed E-state index contributed by atoms with van der Waals surface area (Å²) < 4.78 is 5.33. The van der Waals surface area contributed by atoms with Crippen molar-refractivity contribution in [3.8, 4) is 0 Å². The van der Waals surface area contributed by atoms with Crippen molar-refractivity contribution < 1.29 is 9.53 Å². The molecule has 0 fully saturated rings. The smallest absolute Gasteiger partial charge is 0.330 e. The predicted octanol–water partition coefficient (Wildman–Crippen LogP) is 2.93. The molecule has 0 N–H and O–H groups in total. The number of carbonyl (C=O) groups is 1. The first-order valence-electron chi connectivity index (χ1n) is 4.81. The summed E-state index contributed by atoms with van der Waals surface area (Å²) in [6.07, 6.45) is 3.12. The summed E-state index contributed by atoms with van der Waals surface area (Å²) in [4.78, 5) is 11.1. The predicted molar refractivity (Wildman–Crippen MR) is 54.4 cm³/mol. The van der Waals surface area contributed by atoms with Crippen LogP contribution in [0.4, 0.5) is 0 Å². The van der Waals surface area contributed by atoms with E-state index in [4.69, 9.17) is 4.74 Å². The Kier molecular flexibility index (Phi) is 4.74. The summed E-state index contributed by atoms with van der Waals surface area (Å²) in [5.74, 6) is 0.000926. The lowest BCUT2D eigenvalue weighted by Gasteiger charge is -2.32. The van der Waals surface area contributed by atoms with E-state index < -0.39 is 0 Å². The van der Waals surface area contributed by atoms with Crippen molar-refractivity contribution in [2.75, 3.05) is 0 Å². The molecule has 0 heterocycles. The van der Waals surface area contributed by atoms with Crippen LogP contribution in [0.5, 0.6) is 0 Å². The van der Waals surface area contributed by atoms with Crippen molar-refractivity contribution in [2.45, 2.75) is 46.1 Å². The largest absolute Gasteiger partial charge is 0.456 e. The Labute approximate surface area is 81.0 Å². The maximum atomic E-state index is 11.1. The second-order valence-corrected chi connectivity index (χ2v) is 3.84. The van der Waals surface area contributed by atoms with Crippen molar-refractivity contribution >= 4 is 5.97 Å². The van der Waals surface area contributed by atoms with E-state index in [0.717, 1.165) is 12.8 Å². The normalized spacial score (nSPS) is 15.2. The first-order chi connectivity index (χ1) is 5.96. The molecule has 0 aliphatic heterocycles. The van der Waals surface area contributed by atoms with E-state index in [1.807, 2.05) is 6.92 Å². The van der Waals surface area contributed by atoms with Gasteiger partial charge in [0.1, 0.15) is 5.60 Å².